The standard InChI is InChI=1S/C20H20F3N5O2/c1-19(2,3)26-18(30)15-10-12(6-7-24-15)25-16(29)9-11-4-5-13-14(8-11)27-28-17(13)20(21,22)23/h4-8,10H,9H2,1-3H3,(H,26,30)(H,27,28)(H,24,25,29). The molecule has 3 rings (SSSR count). The summed E-state index contributed by atoms with van der Waals surface area (Å²) < 4.78 is 38.7. The average molecular weight is 419 g/mol. The molecule has 7 nitrogen and oxygen atoms in total. The van der Waals surface area contributed by atoms with Crippen molar-refractivity contribution >= 4 is 28.4 Å². The maximum Gasteiger partial charge on any atom is 0.435 e. The first-order valence-electron chi connectivity index (χ1n) is 9.05. The second-order valence-electron chi connectivity index (χ2n) is 7.81. The number of carbonyl (C=O) groups excluding carboxylic acids is 2. The average Bonchev–Trinajstić information content (AvgIpc) is 3.04. The lowest BCUT2D eigenvalue weighted by molar-refractivity contribution is -0.140. The number of fused-ring (bicyclic) bond motifs is 1. The van der Waals surface area contributed by atoms with E-state index < -0.39 is 23.3 Å². The lowest BCUT2D eigenvalue weighted by Gasteiger charge is -2.20. The number of halogens is 3. The summed E-state index contributed by atoms with van der Waals surface area (Å²) in [6.45, 7) is 5.51. The summed E-state index contributed by atoms with van der Waals surface area (Å²) in [5, 5.41) is 11.0. The zero-order valence-electron chi connectivity index (χ0n) is 16.5. The SMILES string of the molecule is CC(C)(C)NC(=O)c1cc(NC(=O)Cc2ccc3c(C(F)(F)F)n[nH]c3c2)ccn1. The number of pyridine rings is 1. The molecule has 158 valence electrons. The number of amides is 2. The highest BCUT2D eigenvalue weighted by Crippen LogP contribution is 2.33. The van der Waals surface area contributed by atoms with Gasteiger partial charge in [-0.3, -0.25) is 19.7 Å². The van der Waals surface area contributed by atoms with Gasteiger partial charge in [0, 0.05) is 22.8 Å². The van der Waals surface area contributed by atoms with Crippen LogP contribution in [0.15, 0.2) is 36.5 Å². The Morgan fingerprint density at radius 3 is 2.50 bits per heavy atom. The molecule has 2 amide bonds. The minimum atomic E-state index is -4.56. The molecule has 3 N–H and O–H groups in total. The Balaban J connectivity index is 1.70. The third-order valence-corrected chi connectivity index (χ3v) is 4.03. The van der Waals surface area contributed by atoms with E-state index in [9.17, 15) is 22.8 Å². The molecule has 0 spiro atoms. The molecule has 0 unspecified atom stereocenters. The van der Waals surface area contributed by atoms with Gasteiger partial charge in [0.15, 0.2) is 5.69 Å². The predicted molar refractivity (Wildman–Crippen MR) is 105 cm³/mol. The number of anilines is 1. The van der Waals surface area contributed by atoms with Gasteiger partial charge in [-0.2, -0.15) is 18.3 Å². The second-order valence-corrected chi connectivity index (χ2v) is 7.81. The Labute approximate surface area is 170 Å². The minimum absolute atomic E-state index is 0.0599. The molecule has 3 aromatic rings. The number of benzene rings is 1. The number of aromatic nitrogens is 3. The monoisotopic (exact) mass is 419 g/mol. The van der Waals surface area contributed by atoms with Crippen LogP contribution in [0.25, 0.3) is 10.9 Å². The van der Waals surface area contributed by atoms with Crippen molar-refractivity contribution in [2.24, 2.45) is 0 Å². The van der Waals surface area contributed by atoms with Crippen LogP contribution in [0.2, 0.25) is 0 Å². The first-order chi connectivity index (χ1) is 13.9. The summed E-state index contributed by atoms with van der Waals surface area (Å²) in [7, 11) is 0. The molecule has 30 heavy (non-hydrogen) atoms. The maximum atomic E-state index is 12.9. The van der Waals surface area contributed by atoms with Crippen LogP contribution in [-0.4, -0.2) is 32.5 Å². The number of carbonyl (C=O) groups is 2. The molecular formula is C20H20F3N5O2. The summed E-state index contributed by atoms with van der Waals surface area (Å²) in [4.78, 5) is 28.6. The van der Waals surface area contributed by atoms with Crippen molar-refractivity contribution in [2.75, 3.05) is 5.32 Å². The van der Waals surface area contributed by atoms with Gasteiger partial charge >= 0.3 is 6.18 Å². The number of nitrogens with one attached hydrogen (secondary N) is 3. The molecule has 0 aliphatic heterocycles. The smallest absolute Gasteiger partial charge is 0.346 e. The first kappa shape index (κ1) is 21.3. The van der Waals surface area contributed by atoms with Gasteiger partial charge in [0.2, 0.25) is 5.91 Å². The normalized spacial score (nSPS) is 12.1. The van der Waals surface area contributed by atoms with Gasteiger partial charge in [-0.05, 0) is 44.5 Å². The Morgan fingerprint density at radius 2 is 1.83 bits per heavy atom. The quantitative estimate of drug-likeness (QED) is 0.601. The highest BCUT2D eigenvalue weighted by atomic mass is 19.4. The second kappa shape index (κ2) is 7.77. The van der Waals surface area contributed by atoms with Crippen molar-refractivity contribution in [1.82, 2.24) is 20.5 Å². The van der Waals surface area contributed by atoms with E-state index >= 15 is 0 Å². The van der Waals surface area contributed by atoms with Gasteiger partial charge in [-0.1, -0.05) is 12.1 Å². The zero-order chi connectivity index (χ0) is 22.1. The molecule has 10 heteroatoms. The number of hydrogen-bond donors (Lipinski definition) is 3. The van der Waals surface area contributed by atoms with E-state index in [1.807, 2.05) is 20.8 Å². The highest BCUT2D eigenvalue weighted by Gasteiger charge is 2.35. The van der Waals surface area contributed by atoms with Crippen molar-refractivity contribution in [3.05, 3.63) is 53.5 Å². The summed E-state index contributed by atoms with van der Waals surface area (Å²) in [6, 6.07) is 7.17. The number of nitrogens with zero attached hydrogens (tertiary/aromatic N) is 2. The maximum absolute atomic E-state index is 12.9. The zero-order valence-corrected chi connectivity index (χ0v) is 16.5. The van der Waals surface area contributed by atoms with E-state index in [0.717, 1.165) is 0 Å². The van der Waals surface area contributed by atoms with Crippen LogP contribution in [0.3, 0.4) is 0 Å². The summed E-state index contributed by atoms with van der Waals surface area (Å²) in [5.41, 5.74) is -0.187. The molecule has 0 bridgehead atoms. The Kier molecular flexibility index (Phi) is 5.51. The molecule has 0 atom stereocenters. The van der Waals surface area contributed by atoms with Gasteiger partial charge in [0.1, 0.15) is 5.69 Å². The largest absolute Gasteiger partial charge is 0.435 e. The van der Waals surface area contributed by atoms with E-state index in [1.165, 1.54) is 30.5 Å². The van der Waals surface area contributed by atoms with Crippen molar-refractivity contribution in [2.45, 2.75) is 38.9 Å². The molecule has 0 saturated carbocycles. The number of aromatic amines is 1. The van der Waals surface area contributed by atoms with Crippen molar-refractivity contribution in [1.29, 1.82) is 0 Å². The van der Waals surface area contributed by atoms with Crippen LogP contribution < -0.4 is 10.6 Å². The third-order valence-electron chi connectivity index (χ3n) is 4.03. The summed E-state index contributed by atoms with van der Waals surface area (Å²) in [6.07, 6.45) is -3.22. The van der Waals surface area contributed by atoms with Gasteiger partial charge in [-0.15, -0.1) is 0 Å². The van der Waals surface area contributed by atoms with Crippen LogP contribution in [0, 0.1) is 0 Å². The van der Waals surface area contributed by atoms with Gasteiger partial charge in [0.05, 0.1) is 11.9 Å². The highest BCUT2D eigenvalue weighted by molar-refractivity contribution is 5.96. The number of alkyl halides is 3. The Hall–Kier alpha value is -3.43. The molecule has 0 fully saturated rings. The molecule has 2 aromatic heterocycles. The molecule has 0 aliphatic rings. The first-order valence-corrected chi connectivity index (χ1v) is 9.05. The predicted octanol–water partition coefficient (Wildman–Crippen LogP) is 3.69. The van der Waals surface area contributed by atoms with E-state index in [4.69, 9.17) is 0 Å². The van der Waals surface area contributed by atoms with Crippen LogP contribution in [0.4, 0.5) is 18.9 Å². The fourth-order valence-electron chi connectivity index (χ4n) is 2.82. The molecule has 0 saturated heterocycles. The Bertz CT molecular complexity index is 1100. The number of rotatable bonds is 4. The van der Waals surface area contributed by atoms with Gasteiger partial charge < -0.3 is 10.6 Å². The molecule has 0 aliphatic carbocycles. The van der Waals surface area contributed by atoms with Crippen LogP contribution in [0.5, 0.6) is 0 Å². The number of hydrogen-bond acceptors (Lipinski definition) is 4. The fraction of sp³-hybridized carbons (Fsp3) is 0.300. The van der Waals surface area contributed by atoms with E-state index in [0.29, 0.717) is 11.3 Å². The number of H-pyrrole nitrogens is 1. The minimum Gasteiger partial charge on any atom is -0.346 e. The fourth-order valence-corrected chi connectivity index (χ4v) is 2.82. The van der Waals surface area contributed by atoms with Crippen molar-refractivity contribution in [3.63, 3.8) is 0 Å². The van der Waals surface area contributed by atoms with Crippen LogP contribution in [0.1, 0.15) is 42.5 Å². The molecule has 1 aromatic carbocycles. The van der Waals surface area contributed by atoms with Crippen molar-refractivity contribution in [3.8, 4) is 0 Å². The van der Waals surface area contributed by atoms with E-state index in [-0.39, 0.29) is 28.9 Å². The van der Waals surface area contributed by atoms with Gasteiger partial charge in [-0.25, -0.2) is 0 Å². The van der Waals surface area contributed by atoms with E-state index in [2.05, 4.69) is 25.8 Å². The van der Waals surface area contributed by atoms with E-state index in [1.54, 1.807) is 6.07 Å². The summed E-state index contributed by atoms with van der Waals surface area (Å²) in [5.74, 6) is -0.762. The molecule has 2 heterocycles. The summed E-state index contributed by atoms with van der Waals surface area (Å²) >= 11 is 0. The lowest BCUT2D eigenvalue weighted by Crippen LogP contribution is -2.40. The Morgan fingerprint density at radius 1 is 1.10 bits per heavy atom. The van der Waals surface area contributed by atoms with Crippen LogP contribution >= 0.6 is 0 Å². The van der Waals surface area contributed by atoms with Gasteiger partial charge in [0.25, 0.3) is 5.91 Å². The molecular weight excluding hydrogens is 399 g/mol. The van der Waals surface area contributed by atoms with Crippen LogP contribution in [-0.2, 0) is 17.4 Å². The third kappa shape index (κ3) is 5.13. The lowest BCUT2D eigenvalue weighted by atomic mass is 10.1. The van der Waals surface area contributed by atoms with Crippen molar-refractivity contribution < 1.29 is 22.8 Å². The molecule has 0 radical (unpaired) electrons. The topological polar surface area (TPSA) is 99.8 Å².